The fourth-order valence-corrected chi connectivity index (χ4v) is 2.54. The first-order chi connectivity index (χ1) is 11.9. The molecule has 146 valence electrons. The van der Waals surface area contributed by atoms with E-state index in [0.717, 1.165) is 12.8 Å². The van der Waals surface area contributed by atoms with Crippen molar-refractivity contribution in [1.82, 2.24) is 20.2 Å². The van der Waals surface area contributed by atoms with Gasteiger partial charge in [-0.15, -0.1) is 6.58 Å². The topological polar surface area (TPSA) is 76.0 Å². The molecule has 2 amide bonds. The van der Waals surface area contributed by atoms with Gasteiger partial charge in [-0.05, 0) is 48.0 Å². The van der Waals surface area contributed by atoms with Crippen LogP contribution in [0.25, 0.3) is 0 Å². The molecule has 0 radical (unpaired) electrons. The molecule has 0 unspecified atom stereocenters. The van der Waals surface area contributed by atoms with Crippen molar-refractivity contribution >= 4 is 11.8 Å². The highest BCUT2D eigenvalue weighted by Crippen LogP contribution is 2.17. The Morgan fingerprint density at radius 2 is 1.62 bits per heavy atom. The third-order valence-corrected chi connectivity index (χ3v) is 3.51. The molecule has 0 spiro atoms. The van der Waals surface area contributed by atoms with Gasteiger partial charge in [-0.3, -0.25) is 9.59 Å². The first-order valence-corrected chi connectivity index (χ1v) is 9.25. The molecule has 1 aromatic heterocycles. The lowest BCUT2D eigenvalue weighted by Gasteiger charge is -2.22. The number of carbonyl (C=O) groups excluding carboxylic acids is 2. The zero-order chi connectivity index (χ0) is 20.1. The molecule has 0 aliphatic rings. The number of rotatable bonds is 7. The molecule has 6 heteroatoms. The van der Waals surface area contributed by atoms with E-state index in [1.54, 1.807) is 10.6 Å². The van der Waals surface area contributed by atoms with Crippen LogP contribution in [-0.2, 0) is 13.0 Å². The van der Waals surface area contributed by atoms with Gasteiger partial charge in [0.05, 0.1) is 5.69 Å². The van der Waals surface area contributed by atoms with Crippen molar-refractivity contribution in [2.24, 2.45) is 0 Å². The number of aromatic nitrogens is 2. The summed E-state index contributed by atoms with van der Waals surface area (Å²) < 4.78 is 1.75. The predicted octanol–water partition coefficient (Wildman–Crippen LogP) is 3.47. The van der Waals surface area contributed by atoms with Crippen molar-refractivity contribution in [3.8, 4) is 0 Å². The highest BCUT2D eigenvalue weighted by Gasteiger charge is 2.28. The smallest absolute Gasteiger partial charge is 0.287 e. The van der Waals surface area contributed by atoms with Crippen molar-refractivity contribution in [2.75, 3.05) is 0 Å². The lowest BCUT2D eigenvalue weighted by atomic mass is 10.1. The Morgan fingerprint density at radius 1 is 1.08 bits per heavy atom. The van der Waals surface area contributed by atoms with Crippen LogP contribution in [-0.4, -0.2) is 32.4 Å². The molecule has 0 aliphatic heterocycles. The molecule has 0 saturated heterocycles. The summed E-state index contributed by atoms with van der Waals surface area (Å²) in [5.74, 6) is -0.203. The Morgan fingerprint density at radius 3 is 2.08 bits per heavy atom. The van der Waals surface area contributed by atoms with Crippen LogP contribution in [0, 0.1) is 0 Å². The molecule has 6 nitrogen and oxygen atoms in total. The molecule has 0 bridgehead atoms. The van der Waals surface area contributed by atoms with E-state index in [-0.39, 0.29) is 28.7 Å². The van der Waals surface area contributed by atoms with Crippen LogP contribution in [0.15, 0.2) is 12.7 Å². The monoisotopic (exact) mass is 362 g/mol. The van der Waals surface area contributed by atoms with Gasteiger partial charge in [0.1, 0.15) is 5.69 Å². The maximum atomic E-state index is 12.9. The Kier molecular flexibility index (Phi) is 7.18. The standard InChI is InChI=1S/C20H34N4O2/c1-9-11-13-24-15(17(25)22-19(3,4)5)14(12-10-2)21-16(24)18(26)23-20(6,7)8/h10H,2,9,11-13H2,1,3-8H3,(H,22,25)(H,23,26). The molecule has 0 saturated carbocycles. The van der Waals surface area contributed by atoms with Crippen LogP contribution in [0.4, 0.5) is 0 Å². The molecule has 1 aromatic rings. The average molecular weight is 363 g/mol. The summed E-state index contributed by atoms with van der Waals surface area (Å²) in [7, 11) is 0. The summed E-state index contributed by atoms with van der Waals surface area (Å²) in [4.78, 5) is 30.2. The number of amides is 2. The lowest BCUT2D eigenvalue weighted by Crippen LogP contribution is -2.43. The number of nitrogens with one attached hydrogen (secondary N) is 2. The number of unbranched alkanes of at least 4 members (excludes halogenated alkanes) is 1. The van der Waals surface area contributed by atoms with Gasteiger partial charge in [-0.2, -0.15) is 0 Å². The van der Waals surface area contributed by atoms with Crippen molar-refractivity contribution in [1.29, 1.82) is 0 Å². The van der Waals surface area contributed by atoms with E-state index in [9.17, 15) is 9.59 Å². The highest BCUT2D eigenvalue weighted by molar-refractivity contribution is 5.98. The molecule has 1 heterocycles. The molecule has 2 N–H and O–H groups in total. The Labute approximate surface area is 157 Å². The predicted molar refractivity (Wildman–Crippen MR) is 105 cm³/mol. The first kappa shape index (κ1) is 21.9. The summed E-state index contributed by atoms with van der Waals surface area (Å²) in [5.41, 5.74) is 0.269. The quantitative estimate of drug-likeness (QED) is 0.729. The van der Waals surface area contributed by atoms with Crippen LogP contribution in [0.5, 0.6) is 0 Å². The Balaban J connectivity index is 3.45. The van der Waals surface area contributed by atoms with E-state index >= 15 is 0 Å². The van der Waals surface area contributed by atoms with Crippen LogP contribution in [0.3, 0.4) is 0 Å². The van der Waals surface area contributed by atoms with E-state index in [4.69, 9.17) is 0 Å². The van der Waals surface area contributed by atoms with E-state index in [2.05, 4.69) is 29.1 Å². The second-order valence-electron chi connectivity index (χ2n) is 8.64. The molecule has 1 rings (SSSR count). The van der Waals surface area contributed by atoms with Gasteiger partial charge in [0.15, 0.2) is 5.82 Å². The average Bonchev–Trinajstić information content (AvgIpc) is 2.80. The Hall–Kier alpha value is -2.11. The normalized spacial score (nSPS) is 12.0. The van der Waals surface area contributed by atoms with Crippen LogP contribution in [0.1, 0.15) is 88.1 Å². The zero-order valence-electron chi connectivity index (χ0n) is 17.3. The van der Waals surface area contributed by atoms with Gasteiger partial charge in [0.25, 0.3) is 11.8 Å². The van der Waals surface area contributed by atoms with E-state index in [0.29, 0.717) is 24.4 Å². The maximum absolute atomic E-state index is 12.9. The second kappa shape index (κ2) is 8.52. The summed E-state index contributed by atoms with van der Waals surface area (Å²) in [6.45, 7) is 17.9. The third kappa shape index (κ3) is 6.32. The van der Waals surface area contributed by atoms with Crippen LogP contribution in [0.2, 0.25) is 0 Å². The van der Waals surface area contributed by atoms with Gasteiger partial charge in [-0.1, -0.05) is 19.4 Å². The molecular formula is C20H34N4O2. The number of imidazole rings is 1. The summed E-state index contributed by atoms with van der Waals surface area (Å²) in [5, 5.41) is 5.93. The molecular weight excluding hydrogens is 328 g/mol. The SMILES string of the molecule is C=CCc1nc(C(=O)NC(C)(C)C)n(CCCC)c1C(=O)NC(C)(C)C. The number of carbonyl (C=O) groups is 2. The lowest BCUT2D eigenvalue weighted by molar-refractivity contribution is 0.0900. The summed E-state index contributed by atoms with van der Waals surface area (Å²) >= 11 is 0. The van der Waals surface area contributed by atoms with Gasteiger partial charge >= 0.3 is 0 Å². The number of nitrogens with zero attached hydrogens (tertiary/aromatic N) is 2. The summed E-state index contributed by atoms with van der Waals surface area (Å²) in [6.07, 6.45) is 3.94. The van der Waals surface area contributed by atoms with Crippen molar-refractivity contribution < 1.29 is 9.59 Å². The molecule has 0 aliphatic carbocycles. The minimum absolute atomic E-state index is 0.215. The van der Waals surface area contributed by atoms with Crippen LogP contribution >= 0.6 is 0 Å². The molecule has 0 fully saturated rings. The van der Waals surface area contributed by atoms with Crippen molar-refractivity contribution in [3.05, 3.63) is 29.9 Å². The minimum Gasteiger partial charge on any atom is -0.346 e. The van der Waals surface area contributed by atoms with Crippen molar-refractivity contribution in [2.45, 2.75) is 85.4 Å². The maximum Gasteiger partial charge on any atom is 0.287 e. The zero-order valence-corrected chi connectivity index (χ0v) is 17.3. The molecule has 0 aromatic carbocycles. The van der Waals surface area contributed by atoms with E-state index in [1.807, 2.05) is 41.5 Å². The number of allylic oxidation sites excluding steroid dienone is 1. The first-order valence-electron chi connectivity index (χ1n) is 9.25. The Bertz CT molecular complexity index is 661. The third-order valence-electron chi connectivity index (χ3n) is 3.51. The van der Waals surface area contributed by atoms with Gasteiger partial charge in [-0.25, -0.2) is 4.98 Å². The fourth-order valence-electron chi connectivity index (χ4n) is 2.54. The van der Waals surface area contributed by atoms with E-state index < -0.39 is 0 Å². The van der Waals surface area contributed by atoms with E-state index in [1.165, 1.54) is 0 Å². The van der Waals surface area contributed by atoms with Gasteiger partial charge in [0.2, 0.25) is 0 Å². The largest absolute Gasteiger partial charge is 0.346 e. The minimum atomic E-state index is -0.384. The fraction of sp³-hybridized carbons (Fsp3) is 0.650. The van der Waals surface area contributed by atoms with Gasteiger partial charge in [0, 0.05) is 24.0 Å². The molecule has 0 atom stereocenters. The van der Waals surface area contributed by atoms with Gasteiger partial charge < -0.3 is 15.2 Å². The highest BCUT2D eigenvalue weighted by atomic mass is 16.2. The van der Waals surface area contributed by atoms with Crippen LogP contribution < -0.4 is 10.6 Å². The van der Waals surface area contributed by atoms with Crippen molar-refractivity contribution in [3.63, 3.8) is 0 Å². The number of hydrogen-bond acceptors (Lipinski definition) is 3. The number of hydrogen-bond donors (Lipinski definition) is 2. The molecule has 26 heavy (non-hydrogen) atoms. The summed E-state index contributed by atoms with van der Waals surface area (Å²) in [6, 6.07) is 0. The second-order valence-corrected chi connectivity index (χ2v) is 8.64.